The van der Waals surface area contributed by atoms with E-state index in [1.807, 2.05) is 24.4 Å². The van der Waals surface area contributed by atoms with Gasteiger partial charge in [0, 0.05) is 29.3 Å². The molecule has 0 spiro atoms. The number of hydrogen-bond donors (Lipinski definition) is 3. The Balaban J connectivity index is 1.83. The number of aromatic amines is 1. The van der Waals surface area contributed by atoms with Gasteiger partial charge in [0.25, 0.3) is 0 Å². The van der Waals surface area contributed by atoms with E-state index in [0.29, 0.717) is 6.54 Å². The highest BCUT2D eigenvalue weighted by molar-refractivity contribution is 6.37. The van der Waals surface area contributed by atoms with Gasteiger partial charge < -0.3 is 15.4 Å². The van der Waals surface area contributed by atoms with Crippen molar-refractivity contribution >= 4 is 39.8 Å². The molecule has 20 heavy (non-hydrogen) atoms. The molecule has 5 heteroatoms. The third-order valence-electron chi connectivity index (χ3n) is 3.17. The lowest BCUT2D eigenvalue weighted by molar-refractivity contribution is 0.476. The lowest BCUT2D eigenvalue weighted by Gasteiger charge is -2.08. The molecule has 0 unspecified atom stereocenters. The minimum absolute atomic E-state index is 0.0917. The van der Waals surface area contributed by atoms with Crippen molar-refractivity contribution in [2.45, 2.75) is 6.54 Å². The number of phenolic OH excluding ortho intramolecular Hbond substituents is 1. The van der Waals surface area contributed by atoms with Gasteiger partial charge in [-0.3, -0.25) is 0 Å². The largest absolute Gasteiger partial charge is 0.505 e. The fraction of sp³-hybridized carbons (Fsp3) is 0.0667. The summed E-state index contributed by atoms with van der Waals surface area (Å²) in [6, 6.07) is 11.4. The number of aromatic hydroxyl groups is 1. The Labute approximate surface area is 126 Å². The molecule has 3 aromatic rings. The van der Waals surface area contributed by atoms with E-state index in [1.165, 1.54) is 5.39 Å². The van der Waals surface area contributed by atoms with E-state index in [2.05, 4.69) is 16.4 Å². The molecule has 1 aromatic heterocycles. The highest BCUT2D eigenvalue weighted by Gasteiger charge is 2.07. The van der Waals surface area contributed by atoms with Gasteiger partial charge in [0.1, 0.15) is 0 Å². The van der Waals surface area contributed by atoms with Gasteiger partial charge in [0.15, 0.2) is 5.75 Å². The van der Waals surface area contributed by atoms with Crippen LogP contribution < -0.4 is 5.32 Å². The number of rotatable bonds is 3. The monoisotopic (exact) mass is 306 g/mol. The van der Waals surface area contributed by atoms with Crippen molar-refractivity contribution in [1.82, 2.24) is 4.98 Å². The number of para-hydroxylation sites is 1. The Kier molecular flexibility index (Phi) is 3.47. The third-order valence-corrected chi connectivity index (χ3v) is 3.75. The van der Waals surface area contributed by atoms with Gasteiger partial charge in [-0.1, -0.05) is 41.4 Å². The maximum Gasteiger partial charge on any atom is 0.152 e. The van der Waals surface area contributed by atoms with Gasteiger partial charge in [-0.15, -0.1) is 0 Å². The lowest BCUT2D eigenvalue weighted by atomic mass is 10.2. The summed E-state index contributed by atoms with van der Waals surface area (Å²) in [7, 11) is 0. The molecule has 0 fully saturated rings. The average Bonchev–Trinajstić information content (AvgIpc) is 2.85. The van der Waals surface area contributed by atoms with Crippen molar-refractivity contribution in [2.24, 2.45) is 0 Å². The molecule has 0 saturated carbocycles. The quantitative estimate of drug-likeness (QED) is 0.609. The predicted octanol–water partition coefficient (Wildman–Crippen LogP) is 4.79. The molecular weight excluding hydrogens is 295 g/mol. The standard InChI is InChI=1S/C15H12Cl2N2O/c16-12-5-10(6-13(17)15(12)20)18-7-9-8-19-14-4-2-1-3-11(9)14/h1-6,8,18-20H,7H2. The minimum atomic E-state index is -0.0917. The van der Waals surface area contributed by atoms with E-state index >= 15 is 0 Å². The summed E-state index contributed by atoms with van der Waals surface area (Å²) in [6.45, 7) is 0.640. The van der Waals surface area contributed by atoms with Crippen LogP contribution in [0.5, 0.6) is 5.75 Å². The molecule has 0 aliphatic carbocycles. The Bertz CT molecular complexity index is 744. The van der Waals surface area contributed by atoms with E-state index in [4.69, 9.17) is 23.2 Å². The molecule has 0 aliphatic heterocycles. The van der Waals surface area contributed by atoms with Crippen molar-refractivity contribution in [3.8, 4) is 5.75 Å². The molecule has 3 rings (SSSR count). The summed E-state index contributed by atoms with van der Waals surface area (Å²) in [5, 5.41) is 14.4. The van der Waals surface area contributed by atoms with Crippen LogP contribution in [0, 0.1) is 0 Å². The van der Waals surface area contributed by atoms with E-state index < -0.39 is 0 Å². The number of aromatic nitrogens is 1. The van der Waals surface area contributed by atoms with Crippen molar-refractivity contribution in [3.05, 3.63) is 58.2 Å². The number of benzene rings is 2. The highest BCUT2D eigenvalue weighted by atomic mass is 35.5. The molecule has 0 radical (unpaired) electrons. The van der Waals surface area contributed by atoms with Crippen LogP contribution in [0.3, 0.4) is 0 Å². The summed E-state index contributed by atoms with van der Waals surface area (Å²) in [6.07, 6.45) is 1.97. The Hall–Kier alpha value is -1.84. The van der Waals surface area contributed by atoms with Crippen LogP contribution in [-0.4, -0.2) is 10.1 Å². The van der Waals surface area contributed by atoms with Crippen molar-refractivity contribution in [1.29, 1.82) is 0 Å². The van der Waals surface area contributed by atoms with Gasteiger partial charge >= 0.3 is 0 Å². The first kappa shape index (κ1) is 13.2. The summed E-state index contributed by atoms with van der Waals surface area (Å²) < 4.78 is 0. The lowest BCUT2D eigenvalue weighted by Crippen LogP contribution is -1.98. The number of H-pyrrole nitrogens is 1. The summed E-state index contributed by atoms with van der Waals surface area (Å²) in [4.78, 5) is 3.22. The molecule has 102 valence electrons. The third kappa shape index (κ3) is 2.42. The molecule has 2 aromatic carbocycles. The molecule has 0 bridgehead atoms. The summed E-state index contributed by atoms with van der Waals surface area (Å²) >= 11 is 11.8. The molecule has 3 N–H and O–H groups in total. The average molecular weight is 307 g/mol. The second-order valence-corrected chi connectivity index (χ2v) is 5.32. The zero-order valence-electron chi connectivity index (χ0n) is 10.5. The zero-order valence-corrected chi connectivity index (χ0v) is 12.0. The van der Waals surface area contributed by atoms with Gasteiger partial charge in [-0.2, -0.15) is 0 Å². The second-order valence-electron chi connectivity index (χ2n) is 4.50. The smallest absolute Gasteiger partial charge is 0.152 e. The van der Waals surface area contributed by atoms with Crippen LogP contribution in [0.4, 0.5) is 5.69 Å². The molecule has 0 saturated heterocycles. The van der Waals surface area contributed by atoms with E-state index in [0.717, 1.165) is 16.8 Å². The molecular formula is C15H12Cl2N2O. The number of hydrogen-bond acceptors (Lipinski definition) is 2. The first-order chi connectivity index (χ1) is 9.65. The van der Waals surface area contributed by atoms with Gasteiger partial charge in [0.05, 0.1) is 10.0 Å². The highest BCUT2D eigenvalue weighted by Crippen LogP contribution is 2.34. The first-order valence-corrected chi connectivity index (χ1v) is 6.87. The van der Waals surface area contributed by atoms with Crippen LogP contribution >= 0.6 is 23.2 Å². The van der Waals surface area contributed by atoms with Gasteiger partial charge in [-0.25, -0.2) is 0 Å². The van der Waals surface area contributed by atoms with Gasteiger partial charge in [-0.05, 0) is 23.8 Å². The normalized spacial score (nSPS) is 10.9. The second kappa shape index (κ2) is 5.27. The van der Waals surface area contributed by atoms with Crippen molar-refractivity contribution < 1.29 is 5.11 Å². The number of phenols is 1. The fourth-order valence-electron chi connectivity index (χ4n) is 2.14. The topological polar surface area (TPSA) is 48.0 Å². The number of halogens is 2. The van der Waals surface area contributed by atoms with E-state index in [9.17, 15) is 5.11 Å². The summed E-state index contributed by atoms with van der Waals surface area (Å²) in [5.41, 5.74) is 3.02. The van der Waals surface area contributed by atoms with E-state index in [1.54, 1.807) is 12.1 Å². The predicted molar refractivity (Wildman–Crippen MR) is 83.8 cm³/mol. The fourth-order valence-corrected chi connectivity index (χ4v) is 2.63. The molecule has 0 amide bonds. The van der Waals surface area contributed by atoms with Crippen LogP contribution in [0.1, 0.15) is 5.56 Å². The van der Waals surface area contributed by atoms with Crippen LogP contribution in [-0.2, 0) is 6.54 Å². The Morgan fingerprint density at radius 2 is 1.80 bits per heavy atom. The first-order valence-electron chi connectivity index (χ1n) is 6.12. The molecule has 0 aliphatic rings. The SMILES string of the molecule is Oc1c(Cl)cc(NCc2c[nH]c3ccccc23)cc1Cl. The van der Waals surface area contributed by atoms with Crippen molar-refractivity contribution in [3.63, 3.8) is 0 Å². The number of anilines is 1. The maximum absolute atomic E-state index is 9.53. The number of nitrogens with one attached hydrogen (secondary N) is 2. The number of fused-ring (bicyclic) bond motifs is 1. The van der Waals surface area contributed by atoms with Crippen LogP contribution in [0.2, 0.25) is 10.0 Å². The van der Waals surface area contributed by atoms with Gasteiger partial charge in [0.2, 0.25) is 0 Å². The summed E-state index contributed by atoms with van der Waals surface area (Å²) in [5.74, 6) is -0.0917. The Morgan fingerprint density at radius 1 is 1.10 bits per heavy atom. The molecule has 3 nitrogen and oxygen atoms in total. The Morgan fingerprint density at radius 3 is 2.55 bits per heavy atom. The zero-order chi connectivity index (χ0) is 14.1. The maximum atomic E-state index is 9.53. The van der Waals surface area contributed by atoms with E-state index in [-0.39, 0.29) is 15.8 Å². The van der Waals surface area contributed by atoms with Crippen LogP contribution in [0.25, 0.3) is 10.9 Å². The van der Waals surface area contributed by atoms with Crippen LogP contribution in [0.15, 0.2) is 42.6 Å². The minimum Gasteiger partial charge on any atom is -0.505 e. The van der Waals surface area contributed by atoms with Crippen molar-refractivity contribution in [2.75, 3.05) is 5.32 Å². The molecule has 0 atom stereocenters. The molecule has 1 heterocycles.